The van der Waals surface area contributed by atoms with Gasteiger partial charge in [0.05, 0.1) is 7.11 Å². The van der Waals surface area contributed by atoms with Crippen LogP contribution >= 0.6 is 34.8 Å². The van der Waals surface area contributed by atoms with E-state index in [4.69, 9.17) is 39.5 Å². The van der Waals surface area contributed by atoms with Gasteiger partial charge in [-0.3, -0.25) is 10.1 Å². The van der Waals surface area contributed by atoms with Gasteiger partial charge in [0.15, 0.2) is 0 Å². The summed E-state index contributed by atoms with van der Waals surface area (Å²) in [4.78, 5) is 12.4. The molecule has 7 heteroatoms. The SMILES string of the molecule is COc1ccc(C(=O)NC([NH2+]Cc2ccccc2)C(Cl)(Cl)Cl)cc1. The smallest absolute Gasteiger partial charge is 0.262 e. The van der Waals surface area contributed by atoms with Crippen LogP contribution < -0.4 is 15.4 Å². The average molecular weight is 389 g/mol. The summed E-state index contributed by atoms with van der Waals surface area (Å²) < 4.78 is 3.43. The van der Waals surface area contributed by atoms with Crippen LogP contribution in [0.15, 0.2) is 54.6 Å². The van der Waals surface area contributed by atoms with Gasteiger partial charge in [-0.15, -0.1) is 0 Å². The second-order valence-corrected chi connectivity index (χ2v) is 7.52. The normalized spacial score (nSPS) is 12.5. The zero-order chi connectivity index (χ0) is 17.6. The molecule has 2 rings (SSSR count). The van der Waals surface area contributed by atoms with Crippen LogP contribution in [0.4, 0.5) is 0 Å². The Morgan fingerprint density at radius 3 is 2.29 bits per heavy atom. The summed E-state index contributed by atoms with van der Waals surface area (Å²) in [5.41, 5.74) is 1.53. The number of carbonyl (C=O) groups is 1. The second kappa shape index (κ2) is 8.58. The first-order chi connectivity index (χ1) is 11.4. The quantitative estimate of drug-likeness (QED) is 0.590. The molecule has 3 N–H and O–H groups in total. The lowest BCUT2D eigenvalue weighted by Gasteiger charge is -2.23. The summed E-state index contributed by atoms with van der Waals surface area (Å²) in [5, 5.41) is 4.53. The molecule has 24 heavy (non-hydrogen) atoms. The zero-order valence-corrected chi connectivity index (χ0v) is 15.3. The molecule has 4 nitrogen and oxygen atoms in total. The fourth-order valence-corrected chi connectivity index (χ4v) is 2.54. The van der Waals surface area contributed by atoms with Crippen molar-refractivity contribution in [2.45, 2.75) is 16.5 Å². The first-order valence-corrected chi connectivity index (χ1v) is 8.42. The van der Waals surface area contributed by atoms with Gasteiger partial charge in [0, 0.05) is 11.1 Å². The fourth-order valence-electron chi connectivity index (χ4n) is 2.11. The molecule has 0 spiro atoms. The van der Waals surface area contributed by atoms with Gasteiger partial charge in [-0.2, -0.15) is 0 Å². The molecule has 0 fully saturated rings. The number of nitrogens with two attached hydrogens (primary N) is 1. The van der Waals surface area contributed by atoms with E-state index < -0.39 is 9.96 Å². The molecule has 0 aliphatic rings. The van der Waals surface area contributed by atoms with Gasteiger partial charge in [-0.1, -0.05) is 65.1 Å². The largest absolute Gasteiger partial charge is 0.497 e. The maximum absolute atomic E-state index is 12.4. The number of hydrogen-bond acceptors (Lipinski definition) is 2. The summed E-state index contributed by atoms with van der Waals surface area (Å²) in [7, 11) is 1.56. The first kappa shape index (κ1) is 18.9. The summed E-state index contributed by atoms with van der Waals surface area (Å²) in [5.74, 6) is 0.346. The highest BCUT2D eigenvalue weighted by atomic mass is 35.6. The first-order valence-electron chi connectivity index (χ1n) is 7.29. The van der Waals surface area contributed by atoms with Gasteiger partial charge in [0.1, 0.15) is 12.3 Å². The van der Waals surface area contributed by atoms with Gasteiger partial charge < -0.3 is 10.1 Å². The van der Waals surface area contributed by atoms with Crippen molar-refractivity contribution in [1.29, 1.82) is 0 Å². The number of hydrogen-bond donors (Lipinski definition) is 2. The summed E-state index contributed by atoms with van der Waals surface area (Å²) in [6.07, 6.45) is -0.725. The highest BCUT2D eigenvalue weighted by Gasteiger charge is 2.37. The minimum Gasteiger partial charge on any atom is -0.497 e. The van der Waals surface area contributed by atoms with Crippen LogP contribution in [0.25, 0.3) is 0 Å². The Kier molecular flexibility index (Phi) is 6.75. The standard InChI is InChI=1S/C17H17Cl3N2O2/c1-24-14-9-7-13(8-10-14)15(23)22-16(17(18,19)20)21-11-12-5-3-2-4-6-12/h2-10,16,21H,11H2,1H3,(H,22,23)/p+1. The molecule has 1 amide bonds. The summed E-state index contributed by atoms with van der Waals surface area (Å²) >= 11 is 18.0. The lowest BCUT2D eigenvalue weighted by molar-refractivity contribution is -0.706. The Hall–Kier alpha value is -1.46. The molecule has 0 aromatic heterocycles. The minimum absolute atomic E-state index is 0.321. The third-order valence-corrected chi connectivity index (χ3v) is 4.13. The number of nitrogens with one attached hydrogen (secondary N) is 1. The predicted octanol–water partition coefficient (Wildman–Crippen LogP) is 2.88. The molecule has 0 bridgehead atoms. The number of benzene rings is 2. The van der Waals surface area contributed by atoms with E-state index in [-0.39, 0.29) is 5.91 Å². The molecule has 128 valence electrons. The number of rotatable bonds is 6. The molecule has 0 aliphatic carbocycles. The van der Waals surface area contributed by atoms with Gasteiger partial charge in [-0.05, 0) is 24.3 Å². The van der Waals surface area contributed by atoms with E-state index >= 15 is 0 Å². The Bertz CT molecular complexity index is 658. The number of ether oxygens (including phenoxy) is 1. The van der Waals surface area contributed by atoms with Crippen molar-refractivity contribution in [3.05, 3.63) is 65.7 Å². The molecule has 0 saturated heterocycles. The predicted molar refractivity (Wildman–Crippen MR) is 96.6 cm³/mol. The van der Waals surface area contributed by atoms with Crippen molar-refractivity contribution >= 4 is 40.7 Å². The summed E-state index contributed by atoms with van der Waals surface area (Å²) in [6, 6.07) is 16.4. The Balaban J connectivity index is 2.03. The van der Waals surface area contributed by atoms with Crippen LogP contribution in [0.3, 0.4) is 0 Å². The van der Waals surface area contributed by atoms with Crippen molar-refractivity contribution in [3.8, 4) is 5.75 Å². The molecule has 2 aromatic rings. The van der Waals surface area contributed by atoms with E-state index in [1.54, 1.807) is 36.7 Å². The monoisotopic (exact) mass is 387 g/mol. The Labute approximate surface area is 156 Å². The lowest BCUT2D eigenvalue weighted by atomic mass is 10.2. The van der Waals surface area contributed by atoms with E-state index in [0.29, 0.717) is 17.9 Å². The number of alkyl halides is 3. The maximum atomic E-state index is 12.4. The molecule has 1 unspecified atom stereocenters. The number of amides is 1. The van der Waals surface area contributed by atoms with Crippen molar-refractivity contribution in [2.75, 3.05) is 7.11 Å². The van der Waals surface area contributed by atoms with Gasteiger partial charge in [0.2, 0.25) is 6.17 Å². The molecular weight excluding hydrogens is 371 g/mol. The molecule has 0 aliphatic heterocycles. The third kappa shape index (κ3) is 5.56. The topological polar surface area (TPSA) is 54.9 Å². The Morgan fingerprint density at radius 2 is 1.75 bits per heavy atom. The fraction of sp³-hybridized carbons (Fsp3) is 0.235. The van der Waals surface area contributed by atoms with Crippen molar-refractivity contribution in [1.82, 2.24) is 5.32 Å². The number of halogens is 3. The van der Waals surface area contributed by atoms with Gasteiger partial charge in [-0.25, -0.2) is 0 Å². The van der Waals surface area contributed by atoms with Crippen molar-refractivity contribution in [3.63, 3.8) is 0 Å². The molecule has 0 saturated carbocycles. The van der Waals surface area contributed by atoms with E-state index in [9.17, 15) is 4.79 Å². The Morgan fingerprint density at radius 1 is 1.12 bits per heavy atom. The average Bonchev–Trinajstić information content (AvgIpc) is 2.58. The van der Waals surface area contributed by atoms with E-state index in [0.717, 1.165) is 5.56 Å². The number of carbonyl (C=O) groups excluding carboxylic acids is 1. The highest BCUT2D eigenvalue weighted by molar-refractivity contribution is 6.68. The number of quaternary nitrogens is 1. The highest BCUT2D eigenvalue weighted by Crippen LogP contribution is 2.27. The molecular formula is C17H18Cl3N2O2+. The zero-order valence-electron chi connectivity index (χ0n) is 13.0. The van der Waals surface area contributed by atoms with E-state index in [1.807, 2.05) is 30.3 Å². The van der Waals surface area contributed by atoms with E-state index in [1.165, 1.54) is 0 Å². The second-order valence-electron chi connectivity index (χ2n) is 5.15. The molecule has 1 atom stereocenters. The lowest BCUT2D eigenvalue weighted by Crippen LogP contribution is -2.95. The van der Waals surface area contributed by atoms with Crippen LogP contribution in [-0.2, 0) is 6.54 Å². The van der Waals surface area contributed by atoms with Crippen molar-refractivity contribution < 1.29 is 14.8 Å². The molecule has 0 heterocycles. The van der Waals surface area contributed by atoms with Gasteiger partial charge in [0.25, 0.3) is 9.70 Å². The minimum atomic E-state index is -1.64. The molecule has 0 radical (unpaired) electrons. The van der Waals surface area contributed by atoms with Gasteiger partial charge >= 0.3 is 0 Å². The molecule has 2 aromatic carbocycles. The third-order valence-electron chi connectivity index (χ3n) is 3.42. The van der Waals surface area contributed by atoms with Crippen LogP contribution in [0.2, 0.25) is 0 Å². The van der Waals surface area contributed by atoms with Crippen molar-refractivity contribution in [2.24, 2.45) is 0 Å². The van der Waals surface area contributed by atoms with Crippen LogP contribution in [0.1, 0.15) is 15.9 Å². The maximum Gasteiger partial charge on any atom is 0.262 e. The van der Waals surface area contributed by atoms with Crippen LogP contribution in [0.5, 0.6) is 5.75 Å². The van der Waals surface area contributed by atoms with Crippen LogP contribution in [-0.4, -0.2) is 23.0 Å². The van der Waals surface area contributed by atoms with E-state index in [2.05, 4.69) is 5.32 Å². The van der Waals surface area contributed by atoms with Crippen LogP contribution in [0, 0.1) is 0 Å². The summed E-state index contributed by atoms with van der Waals surface area (Å²) in [6.45, 7) is 0.572. The number of methoxy groups -OCH3 is 1.